The van der Waals surface area contributed by atoms with Crippen LogP contribution in [-0.4, -0.2) is 25.5 Å². The van der Waals surface area contributed by atoms with Gasteiger partial charge in [0.15, 0.2) is 5.78 Å². The summed E-state index contributed by atoms with van der Waals surface area (Å²) in [4.78, 5) is 28.5. The molecule has 9 heteroatoms. The average molecular weight is 448 g/mol. The van der Waals surface area contributed by atoms with Crippen LogP contribution in [0.5, 0.6) is 0 Å². The third-order valence-electron chi connectivity index (χ3n) is 5.70. The van der Waals surface area contributed by atoms with Crippen LogP contribution >= 0.6 is 11.8 Å². The number of ketones is 1. The van der Waals surface area contributed by atoms with Gasteiger partial charge in [0.1, 0.15) is 6.04 Å². The van der Waals surface area contributed by atoms with Crippen molar-refractivity contribution >= 4 is 29.2 Å². The molecule has 0 radical (unpaired) electrons. The van der Waals surface area contributed by atoms with E-state index >= 15 is 0 Å². The van der Waals surface area contributed by atoms with E-state index in [0.717, 1.165) is 24.3 Å². The van der Waals surface area contributed by atoms with Gasteiger partial charge in [-0.1, -0.05) is 53.7 Å². The number of fused-ring (bicyclic) bond motifs is 1. The molecule has 3 aromatic rings. The molecule has 0 amide bonds. The second kappa shape index (κ2) is 8.23. The quantitative estimate of drug-likeness (QED) is 0.340. The number of nitro benzene ring substituents is 1. The molecule has 0 fully saturated rings. The first kappa shape index (κ1) is 20.4. The van der Waals surface area contributed by atoms with Crippen molar-refractivity contribution in [3.05, 3.63) is 86.6 Å². The highest BCUT2D eigenvalue weighted by molar-refractivity contribution is 7.98. The van der Waals surface area contributed by atoms with Crippen LogP contribution in [0.4, 0.5) is 11.6 Å². The van der Waals surface area contributed by atoms with Crippen molar-refractivity contribution in [3.63, 3.8) is 0 Å². The van der Waals surface area contributed by atoms with Crippen LogP contribution in [0.25, 0.3) is 0 Å². The van der Waals surface area contributed by atoms with Gasteiger partial charge in [0, 0.05) is 35.6 Å². The van der Waals surface area contributed by atoms with Crippen molar-refractivity contribution in [3.8, 4) is 0 Å². The molecule has 1 aromatic heterocycles. The van der Waals surface area contributed by atoms with Crippen LogP contribution in [0.2, 0.25) is 0 Å². The van der Waals surface area contributed by atoms with Gasteiger partial charge in [-0.05, 0) is 30.9 Å². The third-order valence-corrected chi connectivity index (χ3v) is 6.60. The number of nitro groups is 1. The molecule has 32 heavy (non-hydrogen) atoms. The largest absolute Gasteiger partial charge is 0.328 e. The SMILES string of the molecule is Cc1cccc(CSc2nc3n(n2)C(c2cccc([N+](=O)[O-])c2)C2=C(CCCC2=O)N3)c1. The molecular formula is C23H21N5O3S. The molecule has 2 aliphatic rings. The first-order valence-corrected chi connectivity index (χ1v) is 11.4. The van der Waals surface area contributed by atoms with E-state index in [4.69, 9.17) is 5.10 Å². The molecule has 0 saturated carbocycles. The molecule has 8 nitrogen and oxygen atoms in total. The van der Waals surface area contributed by atoms with Gasteiger partial charge in [-0.3, -0.25) is 14.9 Å². The fourth-order valence-electron chi connectivity index (χ4n) is 4.26. The Morgan fingerprint density at radius 2 is 2.06 bits per heavy atom. The Kier molecular flexibility index (Phi) is 5.26. The predicted octanol–water partition coefficient (Wildman–Crippen LogP) is 4.81. The summed E-state index contributed by atoms with van der Waals surface area (Å²) in [5.74, 6) is 1.32. The lowest BCUT2D eigenvalue weighted by atomic mass is 9.85. The summed E-state index contributed by atoms with van der Waals surface area (Å²) in [5, 5.41) is 19.9. The number of non-ortho nitro benzene ring substituents is 1. The second-order valence-corrected chi connectivity index (χ2v) is 8.93. The van der Waals surface area contributed by atoms with Crippen molar-refractivity contribution in [2.24, 2.45) is 0 Å². The summed E-state index contributed by atoms with van der Waals surface area (Å²) in [5.41, 5.74) is 4.49. The Labute approximate surface area is 188 Å². The number of hydrogen-bond acceptors (Lipinski definition) is 7. The van der Waals surface area contributed by atoms with E-state index in [1.807, 2.05) is 6.07 Å². The number of aromatic nitrogens is 3. The minimum Gasteiger partial charge on any atom is -0.328 e. The summed E-state index contributed by atoms with van der Waals surface area (Å²) in [6, 6.07) is 14.2. The van der Waals surface area contributed by atoms with E-state index in [1.54, 1.807) is 16.8 Å². The van der Waals surface area contributed by atoms with Gasteiger partial charge >= 0.3 is 0 Å². The number of thioether (sulfide) groups is 1. The maximum Gasteiger partial charge on any atom is 0.269 e. The number of nitrogens with one attached hydrogen (secondary N) is 1. The summed E-state index contributed by atoms with van der Waals surface area (Å²) < 4.78 is 1.69. The zero-order chi connectivity index (χ0) is 22.2. The lowest BCUT2D eigenvalue weighted by Crippen LogP contribution is -2.31. The average Bonchev–Trinajstić information content (AvgIpc) is 3.19. The van der Waals surface area contributed by atoms with Crippen molar-refractivity contribution in [2.75, 3.05) is 5.32 Å². The summed E-state index contributed by atoms with van der Waals surface area (Å²) in [6.45, 7) is 2.06. The smallest absolute Gasteiger partial charge is 0.269 e. The number of aryl methyl sites for hydroxylation is 1. The first-order valence-electron chi connectivity index (χ1n) is 10.4. The Balaban J connectivity index is 1.53. The summed E-state index contributed by atoms with van der Waals surface area (Å²) in [6.07, 6.45) is 1.98. The molecule has 162 valence electrons. The minimum absolute atomic E-state index is 0.0119. The van der Waals surface area contributed by atoms with Gasteiger partial charge in [-0.15, -0.1) is 5.10 Å². The lowest BCUT2D eigenvalue weighted by Gasteiger charge is -2.32. The van der Waals surface area contributed by atoms with Gasteiger partial charge in [0.2, 0.25) is 11.1 Å². The number of carbonyl (C=O) groups is 1. The summed E-state index contributed by atoms with van der Waals surface area (Å²) in [7, 11) is 0. The van der Waals surface area contributed by atoms with E-state index in [2.05, 4.69) is 35.4 Å². The highest BCUT2D eigenvalue weighted by Crippen LogP contribution is 2.41. The maximum atomic E-state index is 12.9. The maximum absolute atomic E-state index is 12.9. The van der Waals surface area contributed by atoms with Gasteiger partial charge in [0.25, 0.3) is 5.69 Å². The molecule has 1 aliphatic heterocycles. The predicted molar refractivity (Wildman–Crippen MR) is 122 cm³/mol. The minimum atomic E-state index is -0.533. The Hall–Kier alpha value is -3.46. The highest BCUT2D eigenvalue weighted by atomic mass is 32.2. The van der Waals surface area contributed by atoms with Crippen LogP contribution in [0.15, 0.2) is 65.0 Å². The van der Waals surface area contributed by atoms with E-state index in [0.29, 0.717) is 28.7 Å². The molecule has 5 rings (SSSR count). The second-order valence-electron chi connectivity index (χ2n) is 7.99. The zero-order valence-electron chi connectivity index (χ0n) is 17.4. The zero-order valence-corrected chi connectivity index (χ0v) is 18.3. The third kappa shape index (κ3) is 3.80. The Morgan fingerprint density at radius 1 is 1.22 bits per heavy atom. The van der Waals surface area contributed by atoms with Gasteiger partial charge < -0.3 is 5.32 Å². The Bertz CT molecular complexity index is 1270. The number of Topliss-reactive ketones (excluding diaryl/α,β-unsaturated/α-hetero) is 1. The molecule has 1 aliphatic carbocycles. The number of allylic oxidation sites excluding steroid dienone is 2. The lowest BCUT2D eigenvalue weighted by molar-refractivity contribution is -0.384. The standard InChI is InChI=1S/C23H21N5O3S/c1-14-5-2-6-15(11-14)13-32-23-25-22-24-18-9-4-10-19(29)20(18)21(27(22)26-23)16-7-3-8-17(12-16)28(30)31/h2-3,5-8,11-12,21H,4,9-10,13H2,1H3,(H,24,25,26). The molecule has 1 unspecified atom stereocenters. The van der Waals surface area contributed by atoms with Crippen molar-refractivity contribution in [2.45, 2.75) is 43.1 Å². The molecular weight excluding hydrogens is 426 g/mol. The fourth-order valence-corrected chi connectivity index (χ4v) is 5.04. The molecule has 1 atom stereocenters. The van der Waals surface area contributed by atoms with Crippen molar-refractivity contribution < 1.29 is 9.72 Å². The van der Waals surface area contributed by atoms with Gasteiger partial charge in [-0.2, -0.15) is 4.98 Å². The van der Waals surface area contributed by atoms with Crippen molar-refractivity contribution in [1.29, 1.82) is 0 Å². The first-order chi connectivity index (χ1) is 15.5. The van der Waals surface area contributed by atoms with E-state index in [9.17, 15) is 14.9 Å². The van der Waals surface area contributed by atoms with Crippen LogP contribution < -0.4 is 5.32 Å². The normalized spacial score (nSPS) is 17.5. The topological polar surface area (TPSA) is 103 Å². The highest BCUT2D eigenvalue weighted by Gasteiger charge is 2.37. The molecule has 0 spiro atoms. The molecule has 0 saturated heterocycles. The fraction of sp³-hybridized carbons (Fsp3) is 0.261. The Morgan fingerprint density at radius 3 is 2.88 bits per heavy atom. The monoisotopic (exact) mass is 447 g/mol. The molecule has 1 N–H and O–H groups in total. The van der Waals surface area contributed by atoms with E-state index < -0.39 is 11.0 Å². The van der Waals surface area contributed by atoms with Crippen LogP contribution in [0.1, 0.15) is 42.0 Å². The number of hydrogen-bond donors (Lipinski definition) is 1. The molecule has 0 bridgehead atoms. The van der Waals surface area contributed by atoms with E-state index in [-0.39, 0.29) is 11.5 Å². The number of anilines is 1. The van der Waals surface area contributed by atoms with E-state index in [1.165, 1.54) is 35.0 Å². The van der Waals surface area contributed by atoms with Gasteiger partial charge in [-0.25, -0.2) is 4.68 Å². The van der Waals surface area contributed by atoms with Gasteiger partial charge in [0.05, 0.1) is 4.92 Å². The number of benzene rings is 2. The summed E-state index contributed by atoms with van der Waals surface area (Å²) >= 11 is 1.52. The molecule has 2 heterocycles. The number of carbonyl (C=O) groups excluding carboxylic acids is 1. The van der Waals surface area contributed by atoms with Crippen LogP contribution in [0.3, 0.4) is 0 Å². The van der Waals surface area contributed by atoms with Crippen LogP contribution in [0, 0.1) is 17.0 Å². The number of rotatable bonds is 5. The van der Waals surface area contributed by atoms with Crippen LogP contribution in [-0.2, 0) is 10.5 Å². The molecule has 2 aromatic carbocycles. The van der Waals surface area contributed by atoms with Crippen molar-refractivity contribution in [1.82, 2.24) is 14.8 Å². The number of nitrogens with zero attached hydrogens (tertiary/aromatic N) is 4.